The van der Waals surface area contributed by atoms with E-state index in [2.05, 4.69) is 20.3 Å². The highest BCUT2D eigenvalue weighted by Gasteiger charge is 2.13. The fraction of sp³-hybridized carbons (Fsp3) is 0.250. The number of hydrogen-bond donors (Lipinski definition) is 1. The molecule has 0 unspecified atom stereocenters. The van der Waals surface area contributed by atoms with E-state index in [1.807, 2.05) is 32.9 Å². The summed E-state index contributed by atoms with van der Waals surface area (Å²) in [5.41, 5.74) is 4.19. The van der Waals surface area contributed by atoms with Gasteiger partial charge in [0.15, 0.2) is 5.69 Å². The number of aromatic nitrogens is 2. The molecule has 2 aromatic rings. The van der Waals surface area contributed by atoms with Gasteiger partial charge in [0.25, 0.3) is 5.91 Å². The zero-order valence-corrected chi connectivity index (χ0v) is 9.94. The van der Waals surface area contributed by atoms with Crippen molar-refractivity contribution in [3.05, 3.63) is 40.7 Å². The Balaban J connectivity index is 2.28. The van der Waals surface area contributed by atoms with Crippen molar-refractivity contribution in [2.24, 2.45) is 0 Å². The van der Waals surface area contributed by atoms with Gasteiger partial charge in [-0.3, -0.25) is 4.79 Å². The normalized spacial score (nSPS) is 10.3. The topological polar surface area (TPSA) is 68.0 Å². The van der Waals surface area contributed by atoms with Crippen molar-refractivity contribution in [3.8, 4) is 0 Å². The SMILES string of the molecule is Cc1cc(C)c(NC(=O)c2cnon2)c(C)c1. The Bertz CT molecular complexity index is 524. The molecule has 0 spiro atoms. The number of nitrogens with one attached hydrogen (secondary N) is 1. The summed E-state index contributed by atoms with van der Waals surface area (Å²) in [7, 11) is 0. The zero-order chi connectivity index (χ0) is 12.4. The third kappa shape index (κ3) is 2.33. The van der Waals surface area contributed by atoms with E-state index in [9.17, 15) is 4.79 Å². The van der Waals surface area contributed by atoms with Crippen molar-refractivity contribution in [1.29, 1.82) is 0 Å². The van der Waals surface area contributed by atoms with Gasteiger partial charge < -0.3 is 5.32 Å². The van der Waals surface area contributed by atoms with Gasteiger partial charge >= 0.3 is 0 Å². The summed E-state index contributed by atoms with van der Waals surface area (Å²) in [5, 5.41) is 9.69. The van der Waals surface area contributed by atoms with Crippen LogP contribution in [0.15, 0.2) is 23.0 Å². The van der Waals surface area contributed by atoms with Crippen LogP contribution in [0.4, 0.5) is 5.69 Å². The third-order valence-electron chi connectivity index (χ3n) is 2.51. The molecule has 17 heavy (non-hydrogen) atoms. The van der Waals surface area contributed by atoms with Crippen molar-refractivity contribution in [3.63, 3.8) is 0 Å². The summed E-state index contributed by atoms with van der Waals surface area (Å²) < 4.78 is 4.39. The Morgan fingerprint density at radius 2 is 1.88 bits per heavy atom. The fourth-order valence-corrected chi connectivity index (χ4v) is 1.82. The average Bonchev–Trinajstić information content (AvgIpc) is 2.76. The maximum absolute atomic E-state index is 11.8. The molecule has 2 rings (SSSR count). The lowest BCUT2D eigenvalue weighted by Gasteiger charge is -2.11. The number of amides is 1. The van der Waals surface area contributed by atoms with Gasteiger partial charge in [-0.15, -0.1) is 0 Å². The minimum atomic E-state index is -0.318. The molecule has 0 bridgehead atoms. The molecule has 0 fully saturated rings. The van der Waals surface area contributed by atoms with Crippen LogP contribution in [-0.2, 0) is 0 Å². The third-order valence-corrected chi connectivity index (χ3v) is 2.51. The summed E-state index contributed by atoms with van der Waals surface area (Å²) in [4.78, 5) is 11.8. The Kier molecular flexibility index (Phi) is 2.91. The van der Waals surface area contributed by atoms with Gasteiger partial charge in [-0.05, 0) is 37.1 Å². The smallest absolute Gasteiger partial charge is 0.279 e. The van der Waals surface area contributed by atoms with Gasteiger partial charge in [0.2, 0.25) is 0 Å². The number of anilines is 1. The van der Waals surface area contributed by atoms with E-state index in [0.717, 1.165) is 16.8 Å². The van der Waals surface area contributed by atoms with E-state index in [1.165, 1.54) is 11.8 Å². The van der Waals surface area contributed by atoms with Gasteiger partial charge in [-0.25, -0.2) is 4.63 Å². The molecule has 1 heterocycles. The van der Waals surface area contributed by atoms with Crippen LogP contribution in [0.3, 0.4) is 0 Å². The second-order valence-corrected chi connectivity index (χ2v) is 4.02. The minimum Gasteiger partial charge on any atom is -0.320 e. The first-order chi connectivity index (χ1) is 8.08. The van der Waals surface area contributed by atoms with Gasteiger partial charge in [-0.1, -0.05) is 22.9 Å². The number of carbonyl (C=O) groups is 1. The number of nitrogens with zero attached hydrogens (tertiary/aromatic N) is 2. The largest absolute Gasteiger partial charge is 0.320 e. The van der Waals surface area contributed by atoms with Crippen LogP contribution in [-0.4, -0.2) is 16.2 Å². The summed E-state index contributed by atoms with van der Waals surface area (Å²) in [6.07, 6.45) is 1.29. The van der Waals surface area contributed by atoms with E-state index < -0.39 is 0 Å². The summed E-state index contributed by atoms with van der Waals surface area (Å²) in [6, 6.07) is 4.04. The van der Waals surface area contributed by atoms with Crippen molar-refractivity contribution < 1.29 is 9.42 Å². The number of hydrogen-bond acceptors (Lipinski definition) is 4. The monoisotopic (exact) mass is 231 g/mol. The van der Waals surface area contributed by atoms with Crippen LogP contribution in [0.2, 0.25) is 0 Å². The first-order valence-electron chi connectivity index (χ1n) is 5.24. The zero-order valence-electron chi connectivity index (χ0n) is 9.94. The van der Waals surface area contributed by atoms with Crippen LogP contribution >= 0.6 is 0 Å². The summed E-state index contributed by atoms with van der Waals surface area (Å²) in [6.45, 7) is 5.93. The molecule has 0 aliphatic heterocycles. The van der Waals surface area contributed by atoms with Crippen LogP contribution in [0.1, 0.15) is 27.2 Å². The van der Waals surface area contributed by atoms with Crippen molar-refractivity contribution >= 4 is 11.6 Å². The lowest BCUT2D eigenvalue weighted by atomic mass is 10.1. The molecule has 0 radical (unpaired) electrons. The molecule has 88 valence electrons. The van der Waals surface area contributed by atoms with Gasteiger partial charge in [-0.2, -0.15) is 0 Å². The summed E-state index contributed by atoms with van der Waals surface area (Å²) in [5.74, 6) is -0.318. The molecule has 5 nitrogen and oxygen atoms in total. The Morgan fingerprint density at radius 3 is 2.41 bits per heavy atom. The van der Waals surface area contributed by atoms with Crippen molar-refractivity contribution in [2.45, 2.75) is 20.8 Å². The number of rotatable bonds is 2. The Labute approximate surface area is 98.8 Å². The van der Waals surface area contributed by atoms with Gasteiger partial charge in [0, 0.05) is 5.69 Å². The molecule has 0 saturated carbocycles. The van der Waals surface area contributed by atoms with Crippen molar-refractivity contribution in [1.82, 2.24) is 10.3 Å². The van der Waals surface area contributed by atoms with Crippen LogP contribution in [0.5, 0.6) is 0 Å². The van der Waals surface area contributed by atoms with Gasteiger partial charge in [0.1, 0.15) is 6.20 Å². The van der Waals surface area contributed by atoms with Crippen LogP contribution in [0.25, 0.3) is 0 Å². The van der Waals surface area contributed by atoms with Crippen LogP contribution < -0.4 is 5.32 Å². The van der Waals surface area contributed by atoms with Crippen molar-refractivity contribution in [2.75, 3.05) is 5.32 Å². The second-order valence-electron chi connectivity index (χ2n) is 4.02. The highest BCUT2D eigenvalue weighted by Crippen LogP contribution is 2.22. The second kappa shape index (κ2) is 4.37. The standard InChI is InChI=1S/C12H13N3O2/c1-7-4-8(2)11(9(3)5-7)14-12(16)10-6-13-17-15-10/h4-6H,1-3H3,(H,14,16). The van der Waals surface area contributed by atoms with E-state index in [0.29, 0.717) is 0 Å². The molecular weight excluding hydrogens is 218 g/mol. The van der Waals surface area contributed by atoms with E-state index in [4.69, 9.17) is 0 Å². The lowest BCUT2D eigenvalue weighted by molar-refractivity contribution is 0.101. The molecule has 0 saturated heterocycles. The molecular formula is C12H13N3O2. The first-order valence-corrected chi connectivity index (χ1v) is 5.24. The van der Waals surface area contributed by atoms with Crippen LogP contribution in [0, 0.1) is 20.8 Å². The predicted octanol–water partition coefficient (Wildman–Crippen LogP) is 2.25. The maximum Gasteiger partial charge on any atom is 0.279 e. The molecule has 1 aromatic carbocycles. The molecule has 0 aliphatic rings. The molecule has 1 N–H and O–H groups in total. The lowest BCUT2D eigenvalue weighted by Crippen LogP contribution is -2.14. The molecule has 1 aromatic heterocycles. The van der Waals surface area contributed by atoms with E-state index in [-0.39, 0.29) is 11.6 Å². The van der Waals surface area contributed by atoms with Gasteiger partial charge in [0.05, 0.1) is 0 Å². The quantitative estimate of drug-likeness (QED) is 0.860. The highest BCUT2D eigenvalue weighted by molar-refractivity contribution is 6.03. The molecule has 0 aliphatic carbocycles. The maximum atomic E-state index is 11.8. The minimum absolute atomic E-state index is 0.171. The average molecular weight is 231 g/mol. The predicted molar refractivity (Wildman–Crippen MR) is 62.9 cm³/mol. The molecule has 0 atom stereocenters. The fourth-order valence-electron chi connectivity index (χ4n) is 1.82. The molecule has 1 amide bonds. The number of carbonyl (C=O) groups excluding carboxylic acids is 1. The molecule has 5 heteroatoms. The summed E-state index contributed by atoms with van der Waals surface area (Å²) >= 11 is 0. The Morgan fingerprint density at radius 1 is 1.24 bits per heavy atom. The first kappa shape index (κ1) is 11.3. The Hall–Kier alpha value is -2.17. The highest BCUT2D eigenvalue weighted by atomic mass is 16.6. The number of aryl methyl sites for hydroxylation is 3. The number of benzene rings is 1. The van der Waals surface area contributed by atoms with E-state index in [1.54, 1.807) is 0 Å². The van der Waals surface area contributed by atoms with E-state index >= 15 is 0 Å².